The fourth-order valence-electron chi connectivity index (χ4n) is 0.415. The molecule has 0 saturated carbocycles. The van der Waals surface area contributed by atoms with E-state index in [-0.39, 0.29) is 5.82 Å². The minimum absolute atomic E-state index is 0.178. The topological polar surface area (TPSA) is 0 Å². The molecule has 10 heavy (non-hydrogen) atoms. The SMILES string of the molecule is CCP.Fc1ccccc1. The molecule has 1 aromatic rings. The summed E-state index contributed by atoms with van der Waals surface area (Å²) in [6.45, 7) is 2.09. The third kappa shape index (κ3) is 5.71. The predicted octanol–water partition coefficient (Wildman–Crippen LogP) is 2.71. The van der Waals surface area contributed by atoms with Crippen molar-refractivity contribution in [3.05, 3.63) is 36.1 Å². The molecule has 56 valence electrons. The summed E-state index contributed by atoms with van der Waals surface area (Å²) in [6.07, 6.45) is 1.17. The van der Waals surface area contributed by atoms with E-state index in [0.29, 0.717) is 0 Å². The normalized spacial score (nSPS) is 7.90. The van der Waals surface area contributed by atoms with E-state index in [1.165, 1.54) is 18.3 Å². The minimum atomic E-state index is -0.178. The third-order valence-corrected chi connectivity index (χ3v) is 0.733. The summed E-state index contributed by atoms with van der Waals surface area (Å²) < 4.78 is 11.9. The molecule has 0 amide bonds. The van der Waals surface area contributed by atoms with Crippen LogP contribution in [0.2, 0.25) is 0 Å². The second-order valence-electron chi connectivity index (χ2n) is 1.70. The largest absolute Gasteiger partial charge is 0.207 e. The Morgan fingerprint density at radius 3 is 1.90 bits per heavy atom. The van der Waals surface area contributed by atoms with Crippen LogP contribution in [0.5, 0.6) is 0 Å². The Labute approximate surface area is 63.7 Å². The zero-order chi connectivity index (χ0) is 7.82. The standard InChI is InChI=1S/C6H5F.C2H7P/c7-6-4-2-1-3-5-6;1-2-3/h1-5H;2-3H2,1H3. The number of rotatable bonds is 0. The molecule has 0 aliphatic rings. The highest BCUT2D eigenvalue weighted by Gasteiger charge is 1.77. The van der Waals surface area contributed by atoms with Crippen molar-refractivity contribution in [1.29, 1.82) is 0 Å². The van der Waals surface area contributed by atoms with E-state index >= 15 is 0 Å². The number of hydrogen-bond acceptors (Lipinski definition) is 0. The maximum Gasteiger partial charge on any atom is 0.123 e. The zero-order valence-electron chi connectivity index (χ0n) is 6.05. The van der Waals surface area contributed by atoms with Crippen LogP contribution in [0, 0.1) is 5.82 Å². The van der Waals surface area contributed by atoms with Gasteiger partial charge < -0.3 is 0 Å². The molecule has 0 nitrogen and oxygen atoms in total. The summed E-state index contributed by atoms with van der Waals surface area (Å²) in [5, 5.41) is 0. The van der Waals surface area contributed by atoms with Crippen LogP contribution in [0.25, 0.3) is 0 Å². The molecular weight excluding hydrogens is 146 g/mol. The smallest absolute Gasteiger partial charge is 0.123 e. The van der Waals surface area contributed by atoms with Gasteiger partial charge in [0.1, 0.15) is 5.82 Å². The lowest BCUT2D eigenvalue weighted by Gasteiger charge is -1.78. The van der Waals surface area contributed by atoms with Crippen LogP contribution in [-0.4, -0.2) is 6.16 Å². The maximum absolute atomic E-state index is 11.9. The second kappa shape index (κ2) is 6.70. The highest BCUT2D eigenvalue weighted by atomic mass is 31.0. The molecule has 0 radical (unpaired) electrons. The van der Waals surface area contributed by atoms with Crippen molar-refractivity contribution >= 4 is 9.24 Å². The lowest BCUT2D eigenvalue weighted by atomic mass is 10.4. The van der Waals surface area contributed by atoms with Crippen LogP contribution in [0.15, 0.2) is 30.3 Å². The average molecular weight is 158 g/mol. The molecule has 0 aromatic heterocycles. The summed E-state index contributed by atoms with van der Waals surface area (Å²) in [6, 6.07) is 7.94. The van der Waals surface area contributed by atoms with Crippen molar-refractivity contribution in [3.63, 3.8) is 0 Å². The van der Waals surface area contributed by atoms with Gasteiger partial charge in [0.15, 0.2) is 0 Å². The highest BCUT2D eigenvalue weighted by Crippen LogP contribution is 1.91. The van der Waals surface area contributed by atoms with Crippen LogP contribution in [0.1, 0.15) is 6.92 Å². The van der Waals surface area contributed by atoms with Crippen LogP contribution < -0.4 is 0 Å². The van der Waals surface area contributed by atoms with Crippen LogP contribution in [0.3, 0.4) is 0 Å². The van der Waals surface area contributed by atoms with Crippen LogP contribution in [0.4, 0.5) is 4.39 Å². The van der Waals surface area contributed by atoms with E-state index in [4.69, 9.17) is 0 Å². The number of hydrogen-bond donors (Lipinski definition) is 0. The van der Waals surface area contributed by atoms with Gasteiger partial charge in [-0.1, -0.05) is 25.1 Å². The van der Waals surface area contributed by atoms with Gasteiger partial charge in [-0.3, -0.25) is 0 Å². The van der Waals surface area contributed by atoms with Gasteiger partial charge in [0.25, 0.3) is 0 Å². The first kappa shape index (κ1) is 9.58. The monoisotopic (exact) mass is 158 g/mol. The van der Waals surface area contributed by atoms with E-state index in [9.17, 15) is 4.39 Å². The Balaban J connectivity index is 0.000000236. The van der Waals surface area contributed by atoms with Gasteiger partial charge in [-0.25, -0.2) is 4.39 Å². The van der Waals surface area contributed by atoms with Gasteiger partial charge in [-0.2, -0.15) is 0 Å². The molecule has 0 N–H and O–H groups in total. The van der Waals surface area contributed by atoms with Gasteiger partial charge in [-0.05, 0) is 18.3 Å². The lowest BCUT2D eigenvalue weighted by Crippen LogP contribution is -1.63. The fourth-order valence-corrected chi connectivity index (χ4v) is 0.415. The Morgan fingerprint density at radius 2 is 1.70 bits per heavy atom. The van der Waals surface area contributed by atoms with Crippen molar-refractivity contribution in [2.45, 2.75) is 6.92 Å². The molecule has 0 spiro atoms. The molecule has 0 aliphatic heterocycles. The van der Waals surface area contributed by atoms with E-state index in [2.05, 4.69) is 16.2 Å². The van der Waals surface area contributed by atoms with Gasteiger partial charge in [0, 0.05) is 0 Å². The Morgan fingerprint density at radius 1 is 1.30 bits per heavy atom. The van der Waals surface area contributed by atoms with Crippen molar-refractivity contribution in [2.24, 2.45) is 0 Å². The van der Waals surface area contributed by atoms with Gasteiger partial charge in [0.05, 0.1) is 0 Å². The molecule has 1 aromatic carbocycles. The van der Waals surface area contributed by atoms with Gasteiger partial charge in [-0.15, -0.1) is 9.24 Å². The Bertz CT molecular complexity index is 151. The third-order valence-electron chi connectivity index (χ3n) is 0.733. The van der Waals surface area contributed by atoms with E-state index in [1.807, 2.05) is 0 Å². The van der Waals surface area contributed by atoms with E-state index < -0.39 is 0 Å². The molecular formula is C8H12FP. The van der Waals surface area contributed by atoms with Crippen LogP contribution in [-0.2, 0) is 0 Å². The molecule has 1 atom stereocenters. The summed E-state index contributed by atoms with van der Waals surface area (Å²) in [5.41, 5.74) is 0. The first-order chi connectivity index (χ1) is 4.81. The molecule has 0 heterocycles. The summed E-state index contributed by atoms with van der Waals surface area (Å²) in [5.74, 6) is -0.178. The Hall–Kier alpha value is -0.420. The highest BCUT2D eigenvalue weighted by molar-refractivity contribution is 7.16. The first-order valence-electron chi connectivity index (χ1n) is 3.22. The number of benzene rings is 1. The zero-order valence-corrected chi connectivity index (χ0v) is 7.20. The second-order valence-corrected chi connectivity index (χ2v) is 2.52. The molecule has 0 bridgehead atoms. The van der Waals surface area contributed by atoms with Crippen molar-refractivity contribution in [1.82, 2.24) is 0 Å². The average Bonchev–Trinajstić information content (AvgIpc) is 1.91. The number of halogens is 1. The predicted molar refractivity (Wildman–Crippen MR) is 46.7 cm³/mol. The summed E-state index contributed by atoms with van der Waals surface area (Å²) >= 11 is 0. The molecule has 0 saturated heterocycles. The lowest BCUT2D eigenvalue weighted by molar-refractivity contribution is 0.628. The van der Waals surface area contributed by atoms with Crippen molar-refractivity contribution < 1.29 is 4.39 Å². The fraction of sp³-hybridized carbons (Fsp3) is 0.250. The maximum atomic E-state index is 11.9. The first-order valence-corrected chi connectivity index (χ1v) is 4.03. The van der Waals surface area contributed by atoms with E-state index in [1.54, 1.807) is 18.2 Å². The molecule has 1 unspecified atom stereocenters. The van der Waals surface area contributed by atoms with Gasteiger partial charge in [0.2, 0.25) is 0 Å². The molecule has 0 aliphatic carbocycles. The van der Waals surface area contributed by atoms with Crippen molar-refractivity contribution in [2.75, 3.05) is 6.16 Å². The summed E-state index contributed by atoms with van der Waals surface area (Å²) in [4.78, 5) is 0. The molecule has 2 heteroatoms. The Kier molecular flexibility index (Phi) is 6.42. The van der Waals surface area contributed by atoms with E-state index in [0.717, 1.165) is 0 Å². The van der Waals surface area contributed by atoms with Crippen molar-refractivity contribution in [3.8, 4) is 0 Å². The van der Waals surface area contributed by atoms with Gasteiger partial charge >= 0.3 is 0 Å². The van der Waals surface area contributed by atoms with Crippen LogP contribution >= 0.6 is 9.24 Å². The quantitative estimate of drug-likeness (QED) is 0.509. The molecule has 0 fully saturated rings. The summed E-state index contributed by atoms with van der Waals surface area (Å²) in [7, 11) is 2.58. The molecule has 1 rings (SSSR count). The minimum Gasteiger partial charge on any atom is -0.207 e.